The van der Waals surface area contributed by atoms with Crippen LogP contribution in [0.2, 0.25) is 0 Å². The Kier molecular flexibility index (Phi) is 5.62. The summed E-state index contributed by atoms with van der Waals surface area (Å²) >= 11 is 0. The van der Waals surface area contributed by atoms with Gasteiger partial charge in [0.25, 0.3) is 0 Å². The fraction of sp³-hybridized carbons (Fsp3) is 0.263. The van der Waals surface area contributed by atoms with Crippen LogP contribution in [0.15, 0.2) is 36.4 Å². The van der Waals surface area contributed by atoms with Gasteiger partial charge in [-0.15, -0.1) is 0 Å². The third kappa shape index (κ3) is 4.13. The Balaban J connectivity index is 1.66. The van der Waals surface area contributed by atoms with E-state index in [0.717, 1.165) is 18.2 Å². The van der Waals surface area contributed by atoms with Crippen LogP contribution >= 0.6 is 0 Å². The van der Waals surface area contributed by atoms with Crippen molar-refractivity contribution in [3.05, 3.63) is 48.0 Å². The molecule has 28 heavy (non-hydrogen) atoms. The van der Waals surface area contributed by atoms with E-state index in [-0.39, 0.29) is 24.6 Å². The first-order chi connectivity index (χ1) is 13.4. The van der Waals surface area contributed by atoms with E-state index in [1.54, 1.807) is 18.2 Å². The number of carbonyl (C=O) groups is 2. The summed E-state index contributed by atoms with van der Waals surface area (Å²) in [6.45, 7) is 0.230. The van der Waals surface area contributed by atoms with E-state index >= 15 is 0 Å². The lowest BCUT2D eigenvalue weighted by Gasteiger charge is -2.19. The fourth-order valence-corrected chi connectivity index (χ4v) is 2.98. The minimum absolute atomic E-state index is 0.0768. The zero-order valence-electron chi connectivity index (χ0n) is 15.3. The van der Waals surface area contributed by atoms with E-state index in [9.17, 15) is 18.4 Å². The van der Waals surface area contributed by atoms with Gasteiger partial charge < -0.3 is 25.0 Å². The number of hydrogen-bond donors (Lipinski definition) is 2. The summed E-state index contributed by atoms with van der Waals surface area (Å²) in [6, 6.07) is 6.60. The molecule has 148 valence electrons. The molecule has 2 aromatic carbocycles. The normalized spacial score (nSPS) is 16.1. The average molecular weight is 391 g/mol. The number of nitrogens with zero attached hydrogens (tertiary/aromatic N) is 1. The van der Waals surface area contributed by atoms with Crippen LogP contribution in [0, 0.1) is 11.6 Å². The zero-order chi connectivity index (χ0) is 20.3. The highest BCUT2D eigenvalue weighted by molar-refractivity contribution is 5.98. The zero-order valence-corrected chi connectivity index (χ0v) is 15.3. The molecule has 7 nitrogen and oxygen atoms in total. The van der Waals surface area contributed by atoms with Gasteiger partial charge in [-0.25, -0.2) is 13.6 Å². The van der Waals surface area contributed by atoms with Gasteiger partial charge in [0, 0.05) is 30.8 Å². The number of benzene rings is 2. The first-order valence-electron chi connectivity index (χ1n) is 8.46. The Bertz CT molecular complexity index is 907. The van der Waals surface area contributed by atoms with Crippen LogP contribution in [-0.2, 0) is 4.79 Å². The van der Waals surface area contributed by atoms with Crippen molar-refractivity contribution in [1.82, 2.24) is 5.32 Å². The van der Waals surface area contributed by atoms with Crippen molar-refractivity contribution in [3.8, 4) is 11.5 Å². The molecule has 0 aromatic heterocycles. The molecule has 0 radical (unpaired) electrons. The van der Waals surface area contributed by atoms with Crippen LogP contribution in [0.4, 0.5) is 25.0 Å². The van der Waals surface area contributed by atoms with Crippen molar-refractivity contribution < 1.29 is 27.8 Å². The highest BCUT2D eigenvalue weighted by Crippen LogP contribution is 2.33. The van der Waals surface area contributed by atoms with Crippen molar-refractivity contribution in [2.75, 3.05) is 31.0 Å². The lowest BCUT2D eigenvalue weighted by Crippen LogP contribution is -2.39. The Hall–Kier alpha value is -3.36. The summed E-state index contributed by atoms with van der Waals surface area (Å²) in [6.07, 6.45) is 0.0768. The maximum absolute atomic E-state index is 13.6. The molecule has 0 saturated carbocycles. The van der Waals surface area contributed by atoms with Crippen molar-refractivity contribution >= 4 is 23.3 Å². The standard InChI is InChI=1S/C19H19F2N3O4/c1-27-16-6-4-13(9-17(16)28-2)24-10-12(8-18(24)25)22-19(26)23-15-7-11(20)3-5-14(15)21/h3-7,9,12H,8,10H2,1-2H3,(H2,22,23,26)/t12-/m0/s1. The molecule has 1 saturated heterocycles. The van der Waals surface area contributed by atoms with Crippen LogP contribution < -0.4 is 25.0 Å². The molecule has 9 heteroatoms. The maximum atomic E-state index is 13.6. The highest BCUT2D eigenvalue weighted by atomic mass is 19.1. The number of ether oxygens (including phenoxy) is 2. The van der Waals surface area contributed by atoms with Gasteiger partial charge in [0.05, 0.1) is 25.9 Å². The number of halogens is 2. The number of nitrogens with one attached hydrogen (secondary N) is 2. The Morgan fingerprint density at radius 2 is 1.86 bits per heavy atom. The predicted octanol–water partition coefficient (Wildman–Crippen LogP) is 2.91. The fourth-order valence-electron chi connectivity index (χ4n) is 2.98. The molecule has 3 amide bonds. The molecule has 1 aliphatic heterocycles. The smallest absolute Gasteiger partial charge is 0.319 e. The van der Waals surface area contributed by atoms with Gasteiger partial charge in [0.1, 0.15) is 11.6 Å². The van der Waals surface area contributed by atoms with Crippen molar-refractivity contribution in [1.29, 1.82) is 0 Å². The van der Waals surface area contributed by atoms with Crippen LogP contribution in [0.25, 0.3) is 0 Å². The average Bonchev–Trinajstić information content (AvgIpc) is 3.04. The molecule has 1 heterocycles. The topological polar surface area (TPSA) is 79.9 Å². The molecule has 1 fully saturated rings. The number of anilines is 2. The van der Waals surface area contributed by atoms with E-state index in [2.05, 4.69) is 10.6 Å². The number of methoxy groups -OCH3 is 2. The Morgan fingerprint density at radius 1 is 1.11 bits per heavy atom. The second-order valence-electron chi connectivity index (χ2n) is 6.17. The van der Waals surface area contributed by atoms with Crippen LogP contribution in [0.5, 0.6) is 11.5 Å². The Morgan fingerprint density at radius 3 is 2.57 bits per heavy atom. The molecule has 0 aliphatic carbocycles. The summed E-state index contributed by atoms with van der Waals surface area (Å²) in [5, 5.41) is 4.85. The summed E-state index contributed by atoms with van der Waals surface area (Å²) in [7, 11) is 3.01. The minimum atomic E-state index is -0.758. The van der Waals surface area contributed by atoms with Crippen molar-refractivity contribution in [3.63, 3.8) is 0 Å². The van der Waals surface area contributed by atoms with E-state index < -0.39 is 23.7 Å². The first-order valence-corrected chi connectivity index (χ1v) is 8.46. The molecule has 1 atom stereocenters. The third-order valence-corrected chi connectivity index (χ3v) is 4.32. The van der Waals surface area contributed by atoms with Crippen molar-refractivity contribution in [2.24, 2.45) is 0 Å². The summed E-state index contributed by atoms with van der Waals surface area (Å²) in [5.74, 6) is -0.611. The van der Waals surface area contributed by atoms with E-state index in [1.165, 1.54) is 19.1 Å². The second-order valence-corrected chi connectivity index (χ2v) is 6.17. The maximum Gasteiger partial charge on any atom is 0.319 e. The molecule has 2 aromatic rings. The number of amides is 3. The van der Waals surface area contributed by atoms with Gasteiger partial charge in [0.15, 0.2) is 11.5 Å². The summed E-state index contributed by atoms with van der Waals surface area (Å²) in [4.78, 5) is 25.9. The second kappa shape index (κ2) is 8.12. The van der Waals surface area contributed by atoms with Gasteiger partial charge in [-0.1, -0.05) is 0 Å². The largest absolute Gasteiger partial charge is 0.493 e. The van der Waals surface area contributed by atoms with Gasteiger partial charge in [-0.05, 0) is 24.3 Å². The van der Waals surface area contributed by atoms with Gasteiger partial charge in [-0.3, -0.25) is 4.79 Å². The van der Waals surface area contributed by atoms with Gasteiger partial charge >= 0.3 is 6.03 Å². The van der Waals surface area contributed by atoms with E-state index in [1.807, 2.05) is 0 Å². The molecule has 3 rings (SSSR count). The lowest BCUT2D eigenvalue weighted by atomic mass is 10.2. The molecule has 1 aliphatic rings. The number of carbonyl (C=O) groups excluding carboxylic acids is 2. The Labute approximate surface area is 160 Å². The first kappa shape index (κ1) is 19.4. The van der Waals surface area contributed by atoms with Gasteiger partial charge in [-0.2, -0.15) is 0 Å². The van der Waals surface area contributed by atoms with Crippen LogP contribution in [0.3, 0.4) is 0 Å². The number of urea groups is 1. The SMILES string of the molecule is COc1ccc(N2C[C@@H](NC(=O)Nc3cc(F)ccc3F)CC2=O)cc1OC. The minimum Gasteiger partial charge on any atom is -0.493 e. The number of hydrogen-bond acceptors (Lipinski definition) is 4. The quantitative estimate of drug-likeness (QED) is 0.822. The van der Waals surface area contributed by atoms with Crippen LogP contribution in [-0.4, -0.2) is 38.7 Å². The predicted molar refractivity (Wildman–Crippen MR) is 98.8 cm³/mol. The van der Waals surface area contributed by atoms with E-state index in [0.29, 0.717) is 17.2 Å². The molecule has 0 unspecified atom stereocenters. The summed E-state index contributed by atoms with van der Waals surface area (Å²) < 4.78 is 37.2. The molecular formula is C19H19F2N3O4. The third-order valence-electron chi connectivity index (χ3n) is 4.32. The molecular weight excluding hydrogens is 372 g/mol. The van der Waals surface area contributed by atoms with Gasteiger partial charge in [0.2, 0.25) is 5.91 Å². The summed E-state index contributed by atoms with van der Waals surface area (Å²) in [5.41, 5.74) is 0.321. The van der Waals surface area contributed by atoms with E-state index in [4.69, 9.17) is 9.47 Å². The molecule has 2 N–H and O–H groups in total. The lowest BCUT2D eigenvalue weighted by molar-refractivity contribution is -0.117. The monoisotopic (exact) mass is 391 g/mol. The molecule has 0 spiro atoms. The highest BCUT2D eigenvalue weighted by Gasteiger charge is 2.32. The van der Waals surface area contributed by atoms with Crippen LogP contribution in [0.1, 0.15) is 6.42 Å². The van der Waals surface area contributed by atoms with Crippen molar-refractivity contribution in [2.45, 2.75) is 12.5 Å². The number of rotatable bonds is 5. The molecule has 0 bridgehead atoms.